The lowest BCUT2D eigenvalue weighted by Gasteiger charge is -1.97. The first-order valence-electron chi connectivity index (χ1n) is 3.37. The Labute approximate surface area is 75.5 Å². The molecule has 1 aromatic rings. The SMILES string of the molecule is CS(=O)(=O)c1ccc(C(N)=O)cn1. The predicted molar refractivity (Wildman–Crippen MR) is 45.9 cm³/mol. The number of primary amides is 1. The Hall–Kier alpha value is -1.43. The molecule has 6 heteroatoms. The number of carbonyl (C=O) groups is 1. The van der Waals surface area contributed by atoms with E-state index in [0.717, 1.165) is 12.5 Å². The summed E-state index contributed by atoms with van der Waals surface area (Å²) in [6.07, 6.45) is 2.18. The van der Waals surface area contributed by atoms with Crippen LogP contribution in [0.3, 0.4) is 0 Å². The topological polar surface area (TPSA) is 90.1 Å². The van der Waals surface area contributed by atoms with E-state index in [1.165, 1.54) is 12.1 Å². The molecule has 0 aliphatic rings. The van der Waals surface area contributed by atoms with Gasteiger partial charge in [-0.05, 0) is 12.1 Å². The summed E-state index contributed by atoms with van der Waals surface area (Å²) in [4.78, 5) is 14.2. The van der Waals surface area contributed by atoms with Crippen molar-refractivity contribution in [3.8, 4) is 0 Å². The lowest BCUT2D eigenvalue weighted by atomic mass is 10.3. The molecule has 1 heterocycles. The molecule has 2 N–H and O–H groups in total. The number of amides is 1. The van der Waals surface area contributed by atoms with E-state index in [2.05, 4.69) is 4.98 Å². The second-order valence-electron chi connectivity index (χ2n) is 2.52. The Morgan fingerprint density at radius 2 is 2.08 bits per heavy atom. The normalized spacial score (nSPS) is 11.2. The number of nitrogens with zero attached hydrogens (tertiary/aromatic N) is 1. The maximum atomic E-state index is 10.9. The second-order valence-corrected chi connectivity index (χ2v) is 4.48. The van der Waals surface area contributed by atoms with E-state index in [1.807, 2.05) is 0 Å². The average Bonchev–Trinajstić information content (AvgIpc) is 2.03. The lowest BCUT2D eigenvalue weighted by molar-refractivity contribution is 0.1000. The fraction of sp³-hybridized carbons (Fsp3) is 0.143. The van der Waals surface area contributed by atoms with Gasteiger partial charge in [0.05, 0.1) is 5.56 Å². The van der Waals surface area contributed by atoms with E-state index in [1.54, 1.807) is 0 Å². The molecule has 0 radical (unpaired) electrons. The monoisotopic (exact) mass is 200 g/mol. The van der Waals surface area contributed by atoms with Crippen LogP contribution in [0.25, 0.3) is 0 Å². The van der Waals surface area contributed by atoms with Gasteiger partial charge in [0.2, 0.25) is 5.91 Å². The molecule has 0 spiro atoms. The Morgan fingerprint density at radius 3 is 2.38 bits per heavy atom. The van der Waals surface area contributed by atoms with Crippen molar-refractivity contribution in [1.29, 1.82) is 0 Å². The zero-order chi connectivity index (χ0) is 10.1. The van der Waals surface area contributed by atoms with Crippen molar-refractivity contribution in [3.05, 3.63) is 23.9 Å². The molecule has 0 atom stereocenters. The lowest BCUT2D eigenvalue weighted by Crippen LogP contribution is -2.12. The molecule has 70 valence electrons. The number of aromatic nitrogens is 1. The van der Waals surface area contributed by atoms with Crippen LogP contribution in [-0.2, 0) is 9.84 Å². The van der Waals surface area contributed by atoms with Crippen molar-refractivity contribution < 1.29 is 13.2 Å². The summed E-state index contributed by atoms with van der Waals surface area (Å²) in [5, 5.41) is -0.0718. The second kappa shape index (κ2) is 3.14. The van der Waals surface area contributed by atoms with E-state index in [4.69, 9.17) is 5.73 Å². The van der Waals surface area contributed by atoms with Gasteiger partial charge >= 0.3 is 0 Å². The number of rotatable bonds is 2. The quantitative estimate of drug-likeness (QED) is 0.702. The van der Waals surface area contributed by atoms with Gasteiger partial charge in [-0.3, -0.25) is 4.79 Å². The summed E-state index contributed by atoms with van der Waals surface area (Å²) in [6, 6.07) is 2.57. The van der Waals surface area contributed by atoms with Gasteiger partial charge in [-0.1, -0.05) is 0 Å². The molecular weight excluding hydrogens is 192 g/mol. The van der Waals surface area contributed by atoms with Gasteiger partial charge in [-0.15, -0.1) is 0 Å². The molecule has 0 saturated carbocycles. The minimum Gasteiger partial charge on any atom is -0.366 e. The van der Waals surface area contributed by atoms with Gasteiger partial charge in [-0.2, -0.15) is 0 Å². The summed E-state index contributed by atoms with van der Waals surface area (Å²) >= 11 is 0. The molecule has 0 fully saturated rings. The van der Waals surface area contributed by atoms with Crippen LogP contribution in [0, 0.1) is 0 Å². The molecule has 0 aliphatic heterocycles. The summed E-state index contributed by atoms with van der Waals surface area (Å²) in [5.41, 5.74) is 5.13. The average molecular weight is 200 g/mol. The minimum absolute atomic E-state index is 0.0718. The zero-order valence-corrected chi connectivity index (χ0v) is 7.71. The smallest absolute Gasteiger partial charge is 0.250 e. The van der Waals surface area contributed by atoms with Crippen LogP contribution in [0.2, 0.25) is 0 Å². The van der Waals surface area contributed by atoms with Crippen LogP contribution in [0.15, 0.2) is 23.4 Å². The van der Waals surface area contributed by atoms with Gasteiger partial charge in [0, 0.05) is 12.5 Å². The van der Waals surface area contributed by atoms with E-state index in [9.17, 15) is 13.2 Å². The first-order valence-corrected chi connectivity index (χ1v) is 5.26. The van der Waals surface area contributed by atoms with Crippen LogP contribution in [-0.4, -0.2) is 25.6 Å². The van der Waals surface area contributed by atoms with E-state index < -0.39 is 15.7 Å². The van der Waals surface area contributed by atoms with Gasteiger partial charge < -0.3 is 5.73 Å². The van der Waals surface area contributed by atoms with E-state index in [0.29, 0.717) is 0 Å². The molecule has 1 amide bonds. The van der Waals surface area contributed by atoms with Gasteiger partial charge in [0.15, 0.2) is 14.9 Å². The summed E-state index contributed by atoms with van der Waals surface area (Å²) in [6.45, 7) is 0. The third-order valence-electron chi connectivity index (χ3n) is 1.40. The largest absolute Gasteiger partial charge is 0.366 e. The van der Waals surface area contributed by atoms with Crippen LogP contribution < -0.4 is 5.73 Å². The standard InChI is InChI=1S/C7H8N2O3S/c1-13(11,12)6-3-2-5(4-9-6)7(8)10/h2-4H,1H3,(H2,8,10). The molecule has 1 rings (SSSR count). The number of nitrogens with two attached hydrogens (primary N) is 1. The molecule has 0 aromatic carbocycles. The third-order valence-corrected chi connectivity index (χ3v) is 2.40. The van der Waals surface area contributed by atoms with Crippen LogP contribution in [0.1, 0.15) is 10.4 Å². The predicted octanol–water partition coefficient (Wildman–Crippen LogP) is -0.416. The Morgan fingerprint density at radius 1 is 1.46 bits per heavy atom. The zero-order valence-electron chi connectivity index (χ0n) is 6.89. The van der Waals surface area contributed by atoms with Crippen molar-refractivity contribution in [1.82, 2.24) is 4.98 Å². The summed E-state index contributed by atoms with van der Waals surface area (Å²) in [5.74, 6) is -0.632. The summed E-state index contributed by atoms with van der Waals surface area (Å²) < 4.78 is 21.9. The number of carbonyl (C=O) groups excluding carboxylic acids is 1. The Balaban J connectivity index is 3.16. The minimum atomic E-state index is -3.31. The van der Waals surface area contributed by atoms with E-state index in [-0.39, 0.29) is 10.6 Å². The maximum absolute atomic E-state index is 10.9. The molecule has 0 aliphatic carbocycles. The highest BCUT2D eigenvalue weighted by Gasteiger charge is 2.09. The maximum Gasteiger partial charge on any atom is 0.250 e. The highest BCUT2D eigenvalue weighted by Crippen LogP contribution is 2.05. The van der Waals surface area contributed by atoms with Gasteiger partial charge in [-0.25, -0.2) is 13.4 Å². The van der Waals surface area contributed by atoms with Crippen molar-refractivity contribution in [2.45, 2.75) is 5.03 Å². The van der Waals surface area contributed by atoms with Crippen molar-refractivity contribution in [2.24, 2.45) is 5.73 Å². The van der Waals surface area contributed by atoms with Crippen molar-refractivity contribution in [3.63, 3.8) is 0 Å². The van der Waals surface area contributed by atoms with E-state index >= 15 is 0 Å². The third kappa shape index (κ3) is 2.25. The highest BCUT2D eigenvalue weighted by atomic mass is 32.2. The fourth-order valence-electron chi connectivity index (χ4n) is 0.745. The first-order chi connectivity index (χ1) is 5.91. The van der Waals surface area contributed by atoms with Gasteiger partial charge in [0.1, 0.15) is 0 Å². The molecule has 0 unspecified atom stereocenters. The molecule has 5 nitrogen and oxygen atoms in total. The van der Waals surface area contributed by atoms with Crippen molar-refractivity contribution >= 4 is 15.7 Å². The number of hydrogen-bond acceptors (Lipinski definition) is 4. The van der Waals surface area contributed by atoms with Crippen LogP contribution >= 0.6 is 0 Å². The molecule has 0 bridgehead atoms. The molecule has 13 heavy (non-hydrogen) atoms. The van der Waals surface area contributed by atoms with Gasteiger partial charge in [0.25, 0.3) is 0 Å². The highest BCUT2D eigenvalue weighted by molar-refractivity contribution is 7.90. The molecular formula is C7H8N2O3S. The van der Waals surface area contributed by atoms with Crippen molar-refractivity contribution in [2.75, 3.05) is 6.26 Å². The fourth-order valence-corrected chi connectivity index (χ4v) is 1.30. The number of hydrogen-bond donors (Lipinski definition) is 1. The number of sulfone groups is 1. The first kappa shape index (κ1) is 9.66. The van der Waals surface area contributed by atoms with Crippen LogP contribution in [0.5, 0.6) is 0 Å². The molecule has 1 aromatic heterocycles. The molecule has 0 saturated heterocycles. The van der Waals surface area contributed by atoms with Crippen LogP contribution in [0.4, 0.5) is 0 Å². The summed E-state index contributed by atoms with van der Waals surface area (Å²) in [7, 11) is -3.31. The Bertz CT molecular complexity index is 422. The Kier molecular flexibility index (Phi) is 2.33. The number of pyridine rings is 1.